The van der Waals surface area contributed by atoms with Crippen LogP contribution in [0, 0.1) is 5.92 Å². The van der Waals surface area contributed by atoms with Crippen LogP contribution in [0.4, 0.5) is 0 Å². The monoisotopic (exact) mass is 273 g/mol. The Labute approximate surface area is 115 Å². The molecule has 0 aliphatic heterocycles. The maximum Gasteiger partial charge on any atom is 0.308 e. The van der Waals surface area contributed by atoms with Gasteiger partial charge in [0.05, 0.1) is 23.7 Å². The standard InChI is InChI=1S/C14H27NO4/c1-4-19-12(16)11-5-7-14(18,8-6-11)10-15-9-13(2,3)17/h11,15,17-18H,4-10H2,1-3H3. The van der Waals surface area contributed by atoms with E-state index in [0.717, 1.165) is 0 Å². The summed E-state index contributed by atoms with van der Waals surface area (Å²) >= 11 is 0. The van der Waals surface area contributed by atoms with E-state index in [1.807, 2.05) is 0 Å². The lowest BCUT2D eigenvalue weighted by atomic mass is 9.78. The number of hydrogen-bond donors (Lipinski definition) is 3. The molecule has 19 heavy (non-hydrogen) atoms. The molecule has 0 aromatic rings. The van der Waals surface area contributed by atoms with Crippen molar-refractivity contribution < 1.29 is 19.7 Å². The maximum atomic E-state index is 11.6. The molecule has 0 saturated heterocycles. The highest BCUT2D eigenvalue weighted by Crippen LogP contribution is 2.32. The first-order chi connectivity index (χ1) is 8.76. The Kier molecular flexibility index (Phi) is 5.77. The molecular formula is C14H27NO4. The van der Waals surface area contributed by atoms with Crippen LogP contribution in [0.1, 0.15) is 46.5 Å². The summed E-state index contributed by atoms with van der Waals surface area (Å²) < 4.78 is 5.01. The summed E-state index contributed by atoms with van der Waals surface area (Å²) in [5, 5.41) is 23.1. The average Bonchev–Trinajstić information content (AvgIpc) is 2.28. The summed E-state index contributed by atoms with van der Waals surface area (Å²) in [6.45, 7) is 6.55. The Morgan fingerprint density at radius 1 is 1.42 bits per heavy atom. The smallest absolute Gasteiger partial charge is 0.308 e. The fourth-order valence-electron chi connectivity index (χ4n) is 2.43. The molecule has 0 spiro atoms. The molecule has 1 saturated carbocycles. The van der Waals surface area contributed by atoms with Gasteiger partial charge in [-0.25, -0.2) is 0 Å². The quantitative estimate of drug-likeness (QED) is 0.625. The first-order valence-corrected chi connectivity index (χ1v) is 7.08. The molecule has 3 N–H and O–H groups in total. The van der Waals surface area contributed by atoms with Gasteiger partial charge >= 0.3 is 5.97 Å². The van der Waals surface area contributed by atoms with Gasteiger partial charge in [-0.3, -0.25) is 4.79 Å². The largest absolute Gasteiger partial charge is 0.466 e. The van der Waals surface area contributed by atoms with E-state index in [1.165, 1.54) is 0 Å². The van der Waals surface area contributed by atoms with Crippen molar-refractivity contribution in [1.82, 2.24) is 5.32 Å². The topological polar surface area (TPSA) is 78.8 Å². The van der Waals surface area contributed by atoms with Gasteiger partial charge in [-0.05, 0) is 46.5 Å². The molecule has 112 valence electrons. The van der Waals surface area contributed by atoms with Crippen molar-refractivity contribution >= 4 is 5.97 Å². The molecule has 0 aromatic carbocycles. The SMILES string of the molecule is CCOC(=O)C1CCC(O)(CNCC(C)(C)O)CC1. The summed E-state index contributed by atoms with van der Waals surface area (Å²) in [6.07, 6.45) is 2.52. The first kappa shape index (κ1) is 16.4. The van der Waals surface area contributed by atoms with E-state index in [-0.39, 0.29) is 11.9 Å². The van der Waals surface area contributed by atoms with Gasteiger partial charge in [0, 0.05) is 13.1 Å². The van der Waals surface area contributed by atoms with Crippen molar-refractivity contribution in [3.05, 3.63) is 0 Å². The molecular weight excluding hydrogens is 246 g/mol. The molecule has 0 aromatic heterocycles. The minimum absolute atomic E-state index is 0.0745. The highest BCUT2D eigenvalue weighted by atomic mass is 16.5. The Morgan fingerprint density at radius 2 is 2.00 bits per heavy atom. The predicted molar refractivity (Wildman–Crippen MR) is 72.7 cm³/mol. The lowest BCUT2D eigenvalue weighted by Crippen LogP contribution is -2.47. The molecule has 0 heterocycles. The summed E-state index contributed by atoms with van der Waals surface area (Å²) in [7, 11) is 0. The van der Waals surface area contributed by atoms with Crippen LogP contribution in [0.25, 0.3) is 0 Å². The normalized spacial score (nSPS) is 28.2. The van der Waals surface area contributed by atoms with Crippen LogP contribution in [0.3, 0.4) is 0 Å². The van der Waals surface area contributed by atoms with E-state index in [2.05, 4.69) is 5.32 Å². The third kappa shape index (κ3) is 5.89. The van der Waals surface area contributed by atoms with Crippen molar-refractivity contribution in [1.29, 1.82) is 0 Å². The second-order valence-electron chi connectivity index (χ2n) is 6.17. The second kappa shape index (κ2) is 6.68. The van der Waals surface area contributed by atoms with Crippen LogP contribution in [0.2, 0.25) is 0 Å². The van der Waals surface area contributed by atoms with E-state index in [0.29, 0.717) is 45.4 Å². The minimum Gasteiger partial charge on any atom is -0.466 e. The zero-order chi connectivity index (χ0) is 14.5. The molecule has 0 amide bonds. The van der Waals surface area contributed by atoms with Crippen molar-refractivity contribution in [3.8, 4) is 0 Å². The summed E-state index contributed by atoms with van der Waals surface area (Å²) in [5.41, 5.74) is -1.55. The number of hydrogen-bond acceptors (Lipinski definition) is 5. The average molecular weight is 273 g/mol. The van der Waals surface area contributed by atoms with E-state index in [9.17, 15) is 15.0 Å². The molecule has 5 heteroatoms. The van der Waals surface area contributed by atoms with Crippen LogP contribution < -0.4 is 5.32 Å². The van der Waals surface area contributed by atoms with E-state index in [1.54, 1.807) is 20.8 Å². The number of esters is 1. The zero-order valence-corrected chi connectivity index (χ0v) is 12.2. The van der Waals surface area contributed by atoms with Gasteiger partial charge in [0.15, 0.2) is 0 Å². The van der Waals surface area contributed by atoms with Crippen LogP contribution >= 0.6 is 0 Å². The highest BCUT2D eigenvalue weighted by molar-refractivity contribution is 5.72. The van der Waals surface area contributed by atoms with E-state index in [4.69, 9.17) is 4.74 Å². The summed E-state index contributed by atoms with van der Waals surface area (Å²) in [6, 6.07) is 0. The molecule has 1 aliphatic carbocycles. The molecule has 5 nitrogen and oxygen atoms in total. The van der Waals surface area contributed by atoms with Crippen LogP contribution in [0.5, 0.6) is 0 Å². The second-order valence-corrected chi connectivity index (χ2v) is 6.17. The van der Waals surface area contributed by atoms with Gasteiger partial charge in [-0.15, -0.1) is 0 Å². The predicted octanol–water partition coefficient (Wildman–Crippen LogP) is 0.831. The van der Waals surface area contributed by atoms with Gasteiger partial charge in [0.25, 0.3) is 0 Å². The molecule has 0 radical (unpaired) electrons. The Balaban J connectivity index is 2.33. The van der Waals surface area contributed by atoms with Crippen molar-refractivity contribution in [2.75, 3.05) is 19.7 Å². The summed E-state index contributed by atoms with van der Waals surface area (Å²) in [5.74, 6) is -0.219. The van der Waals surface area contributed by atoms with E-state index >= 15 is 0 Å². The number of nitrogens with one attached hydrogen (secondary N) is 1. The first-order valence-electron chi connectivity index (χ1n) is 7.08. The molecule has 0 unspecified atom stereocenters. The van der Waals surface area contributed by atoms with Gasteiger partial charge in [0.2, 0.25) is 0 Å². The van der Waals surface area contributed by atoms with E-state index < -0.39 is 11.2 Å². The Morgan fingerprint density at radius 3 is 2.47 bits per heavy atom. The number of carbonyl (C=O) groups excluding carboxylic acids is 1. The molecule has 0 bridgehead atoms. The number of rotatable bonds is 6. The van der Waals surface area contributed by atoms with Crippen LogP contribution in [-0.2, 0) is 9.53 Å². The summed E-state index contributed by atoms with van der Waals surface area (Å²) in [4.78, 5) is 11.6. The lowest BCUT2D eigenvalue weighted by molar-refractivity contribution is -0.151. The number of aliphatic hydroxyl groups is 2. The fourth-order valence-corrected chi connectivity index (χ4v) is 2.43. The fraction of sp³-hybridized carbons (Fsp3) is 0.929. The minimum atomic E-state index is -0.779. The number of carbonyl (C=O) groups is 1. The third-order valence-corrected chi connectivity index (χ3v) is 3.55. The van der Waals surface area contributed by atoms with Crippen molar-refractivity contribution in [2.45, 2.75) is 57.7 Å². The molecule has 1 fully saturated rings. The third-order valence-electron chi connectivity index (χ3n) is 3.55. The van der Waals surface area contributed by atoms with Crippen molar-refractivity contribution in [2.24, 2.45) is 5.92 Å². The van der Waals surface area contributed by atoms with Gasteiger partial charge in [0.1, 0.15) is 0 Å². The highest BCUT2D eigenvalue weighted by Gasteiger charge is 2.36. The van der Waals surface area contributed by atoms with Gasteiger partial charge in [-0.2, -0.15) is 0 Å². The van der Waals surface area contributed by atoms with Crippen LogP contribution in [0.15, 0.2) is 0 Å². The Hall–Kier alpha value is -0.650. The lowest BCUT2D eigenvalue weighted by Gasteiger charge is -2.36. The molecule has 0 atom stereocenters. The zero-order valence-electron chi connectivity index (χ0n) is 12.2. The van der Waals surface area contributed by atoms with Crippen LogP contribution in [-0.4, -0.2) is 47.1 Å². The molecule has 1 aliphatic rings. The molecule has 1 rings (SSSR count). The van der Waals surface area contributed by atoms with Gasteiger partial charge in [-0.1, -0.05) is 0 Å². The van der Waals surface area contributed by atoms with Gasteiger partial charge < -0.3 is 20.3 Å². The maximum absolute atomic E-state index is 11.6. The Bertz CT molecular complexity index is 290. The number of ether oxygens (including phenoxy) is 1. The van der Waals surface area contributed by atoms with Crippen molar-refractivity contribution in [3.63, 3.8) is 0 Å².